The SMILES string of the molecule is C[C@H](NC(=O)NCCC1(C)OCCO1)c1cccc(F)c1F. The molecule has 2 N–H and O–H groups in total. The first kappa shape index (κ1) is 16.6. The van der Waals surface area contributed by atoms with Crippen LogP contribution in [0, 0.1) is 11.6 Å². The van der Waals surface area contributed by atoms with Crippen LogP contribution in [0.25, 0.3) is 0 Å². The molecule has 0 radical (unpaired) electrons. The standard InChI is InChI=1S/C15H20F2N2O3/c1-10(11-4-3-5-12(16)13(11)17)19-14(20)18-7-6-15(2)21-8-9-22-15/h3-5,10H,6-9H2,1-2H3,(H2,18,19,20)/t10-/m0/s1. The van der Waals surface area contributed by atoms with Crippen LogP contribution in [0.3, 0.4) is 0 Å². The average Bonchev–Trinajstić information content (AvgIpc) is 2.88. The van der Waals surface area contributed by atoms with Gasteiger partial charge in [-0.1, -0.05) is 12.1 Å². The van der Waals surface area contributed by atoms with Crippen molar-refractivity contribution >= 4 is 6.03 Å². The summed E-state index contributed by atoms with van der Waals surface area (Å²) in [6, 6.07) is 2.76. The van der Waals surface area contributed by atoms with Crippen LogP contribution < -0.4 is 10.6 Å². The highest BCUT2D eigenvalue weighted by molar-refractivity contribution is 5.74. The number of carbonyl (C=O) groups excluding carboxylic acids is 1. The molecule has 1 aromatic rings. The lowest BCUT2D eigenvalue weighted by molar-refractivity contribution is -0.145. The van der Waals surface area contributed by atoms with Gasteiger partial charge in [0.05, 0.1) is 19.3 Å². The topological polar surface area (TPSA) is 59.6 Å². The summed E-state index contributed by atoms with van der Waals surface area (Å²) in [7, 11) is 0. The van der Waals surface area contributed by atoms with Gasteiger partial charge < -0.3 is 20.1 Å². The average molecular weight is 314 g/mol. The van der Waals surface area contributed by atoms with E-state index in [-0.39, 0.29) is 5.56 Å². The number of ether oxygens (including phenoxy) is 2. The molecule has 7 heteroatoms. The van der Waals surface area contributed by atoms with Crippen molar-refractivity contribution < 1.29 is 23.0 Å². The van der Waals surface area contributed by atoms with Gasteiger partial charge in [-0.15, -0.1) is 0 Å². The van der Waals surface area contributed by atoms with Crippen molar-refractivity contribution in [2.24, 2.45) is 0 Å². The monoisotopic (exact) mass is 314 g/mol. The quantitative estimate of drug-likeness (QED) is 0.878. The van der Waals surface area contributed by atoms with Gasteiger partial charge in [0.25, 0.3) is 0 Å². The third-order valence-electron chi connectivity index (χ3n) is 3.56. The van der Waals surface area contributed by atoms with Crippen LogP contribution in [0.1, 0.15) is 31.9 Å². The minimum Gasteiger partial charge on any atom is -0.348 e. The van der Waals surface area contributed by atoms with E-state index in [0.29, 0.717) is 26.2 Å². The lowest BCUT2D eigenvalue weighted by Gasteiger charge is -2.22. The molecule has 0 saturated carbocycles. The zero-order valence-corrected chi connectivity index (χ0v) is 12.6. The molecule has 1 aliphatic heterocycles. The Labute approximate surface area is 128 Å². The van der Waals surface area contributed by atoms with Crippen LogP contribution in [0.2, 0.25) is 0 Å². The van der Waals surface area contributed by atoms with Gasteiger partial charge in [-0.05, 0) is 19.9 Å². The highest BCUT2D eigenvalue weighted by Crippen LogP contribution is 2.22. The highest BCUT2D eigenvalue weighted by atomic mass is 19.2. The van der Waals surface area contributed by atoms with Gasteiger partial charge in [-0.2, -0.15) is 0 Å². The highest BCUT2D eigenvalue weighted by Gasteiger charge is 2.30. The molecule has 1 atom stereocenters. The van der Waals surface area contributed by atoms with Gasteiger partial charge in [-0.3, -0.25) is 0 Å². The van der Waals surface area contributed by atoms with Crippen molar-refractivity contribution in [3.8, 4) is 0 Å². The molecular formula is C15H20F2N2O3. The fourth-order valence-electron chi connectivity index (χ4n) is 2.28. The third kappa shape index (κ3) is 4.14. The maximum atomic E-state index is 13.6. The van der Waals surface area contributed by atoms with Crippen molar-refractivity contribution in [2.45, 2.75) is 32.1 Å². The van der Waals surface area contributed by atoms with Crippen LogP contribution in [0.5, 0.6) is 0 Å². The minimum absolute atomic E-state index is 0.101. The second-order valence-corrected chi connectivity index (χ2v) is 5.35. The smallest absolute Gasteiger partial charge is 0.315 e. The van der Waals surface area contributed by atoms with Crippen LogP contribution in [-0.2, 0) is 9.47 Å². The number of carbonyl (C=O) groups is 1. The molecular weight excluding hydrogens is 294 g/mol. The molecule has 0 bridgehead atoms. The number of hydrogen-bond donors (Lipinski definition) is 2. The zero-order chi connectivity index (χ0) is 16.2. The predicted octanol–water partition coefficient (Wildman–Crippen LogP) is 2.48. The molecule has 1 aliphatic rings. The largest absolute Gasteiger partial charge is 0.348 e. The van der Waals surface area contributed by atoms with E-state index < -0.39 is 29.5 Å². The Morgan fingerprint density at radius 2 is 2.05 bits per heavy atom. The summed E-state index contributed by atoms with van der Waals surface area (Å²) in [6.07, 6.45) is 0.503. The molecule has 1 heterocycles. The first-order valence-electron chi connectivity index (χ1n) is 7.17. The van der Waals surface area contributed by atoms with E-state index in [9.17, 15) is 13.6 Å². The molecule has 5 nitrogen and oxygen atoms in total. The first-order chi connectivity index (χ1) is 10.4. The Hall–Kier alpha value is -1.73. The number of halogens is 2. The van der Waals surface area contributed by atoms with Gasteiger partial charge in [0.1, 0.15) is 0 Å². The van der Waals surface area contributed by atoms with Crippen LogP contribution in [-0.4, -0.2) is 31.6 Å². The molecule has 1 saturated heterocycles. The van der Waals surface area contributed by atoms with E-state index >= 15 is 0 Å². The van der Waals surface area contributed by atoms with Crippen molar-refractivity contribution in [1.82, 2.24) is 10.6 Å². The second-order valence-electron chi connectivity index (χ2n) is 5.35. The minimum atomic E-state index is -0.949. The molecule has 2 amide bonds. The molecule has 0 aromatic heterocycles. The number of benzene rings is 1. The summed E-state index contributed by atoms with van der Waals surface area (Å²) < 4.78 is 37.6. The number of rotatable bonds is 5. The Balaban J connectivity index is 1.80. The summed E-state index contributed by atoms with van der Waals surface area (Å²) in [5, 5.41) is 5.21. The van der Waals surface area contributed by atoms with Crippen LogP contribution in [0.15, 0.2) is 18.2 Å². The van der Waals surface area contributed by atoms with Gasteiger partial charge in [0, 0.05) is 18.5 Å². The number of hydrogen-bond acceptors (Lipinski definition) is 3. The van der Waals surface area contributed by atoms with E-state index in [1.807, 2.05) is 6.92 Å². The van der Waals surface area contributed by atoms with E-state index in [0.717, 1.165) is 6.07 Å². The van der Waals surface area contributed by atoms with E-state index in [4.69, 9.17) is 9.47 Å². The third-order valence-corrected chi connectivity index (χ3v) is 3.56. The summed E-state index contributed by atoms with van der Waals surface area (Å²) >= 11 is 0. The molecule has 1 aromatic carbocycles. The fourth-order valence-corrected chi connectivity index (χ4v) is 2.28. The summed E-state index contributed by atoms with van der Waals surface area (Å²) in [4.78, 5) is 11.8. The number of urea groups is 1. The number of nitrogens with one attached hydrogen (secondary N) is 2. The van der Waals surface area contributed by atoms with Crippen LogP contribution >= 0.6 is 0 Å². The molecule has 22 heavy (non-hydrogen) atoms. The predicted molar refractivity (Wildman–Crippen MR) is 76.2 cm³/mol. The number of amides is 2. The van der Waals surface area contributed by atoms with E-state index in [2.05, 4.69) is 10.6 Å². The van der Waals surface area contributed by atoms with E-state index in [1.54, 1.807) is 6.92 Å². The fraction of sp³-hybridized carbons (Fsp3) is 0.533. The molecule has 2 rings (SSSR count). The van der Waals surface area contributed by atoms with Crippen molar-refractivity contribution in [3.05, 3.63) is 35.4 Å². The van der Waals surface area contributed by atoms with Gasteiger partial charge in [0.2, 0.25) is 0 Å². The summed E-state index contributed by atoms with van der Waals surface area (Å²) in [5.41, 5.74) is 0.101. The molecule has 0 unspecified atom stereocenters. The molecule has 0 spiro atoms. The second kappa shape index (κ2) is 7.02. The van der Waals surface area contributed by atoms with Crippen molar-refractivity contribution in [1.29, 1.82) is 0 Å². The Kier molecular flexibility index (Phi) is 5.31. The first-order valence-corrected chi connectivity index (χ1v) is 7.17. The maximum absolute atomic E-state index is 13.6. The van der Waals surface area contributed by atoms with Gasteiger partial charge in [-0.25, -0.2) is 13.6 Å². The Morgan fingerprint density at radius 3 is 2.73 bits per heavy atom. The Bertz CT molecular complexity index is 534. The Morgan fingerprint density at radius 1 is 1.36 bits per heavy atom. The van der Waals surface area contributed by atoms with Crippen molar-refractivity contribution in [2.75, 3.05) is 19.8 Å². The zero-order valence-electron chi connectivity index (χ0n) is 12.6. The van der Waals surface area contributed by atoms with Crippen LogP contribution in [0.4, 0.5) is 13.6 Å². The van der Waals surface area contributed by atoms with Gasteiger partial charge in [0.15, 0.2) is 17.4 Å². The summed E-state index contributed by atoms with van der Waals surface area (Å²) in [5.74, 6) is -2.56. The normalized spacial score (nSPS) is 18.0. The summed E-state index contributed by atoms with van der Waals surface area (Å²) in [6.45, 7) is 4.82. The molecule has 0 aliphatic carbocycles. The lowest BCUT2D eigenvalue weighted by atomic mass is 10.1. The maximum Gasteiger partial charge on any atom is 0.315 e. The molecule has 1 fully saturated rings. The van der Waals surface area contributed by atoms with Gasteiger partial charge >= 0.3 is 6.03 Å². The van der Waals surface area contributed by atoms with Crippen molar-refractivity contribution in [3.63, 3.8) is 0 Å². The van der Waals surface area contributed by atoms with E-state index in [1.165, 1.54) is 12.1 Å². The lowest BCUT2D eigenvalue weighted by Crippen LogP contribution is -2.40. The molecule has 122 valence electrons.